The minimum absolute atomic E-state index is 0.224. The minimum atomic E-state index is -0.895. The van der Waals surface area contributed by atoms with Crippen LogP contribution in [0.2, 0.25) is 0 Å². The van der Waals surface area contributed by atoms with Crippen LogP contribution < -0.4 is 0 Å². The number of aromatic carboxylic acids is 1. The first-order valence-electron chi connectivity index (χ1n) is 11.7. The lowest BCUT2D eigenvalue weighted by Gasteiger charge is -2.23. The summed E-state index contributed by atoms with van der Waals surface area (Å²) >= 11 is 0. The van der Waals surface area contributed by atoms with Crippen LogP contribution in [0.3, 0.4) is 0 Å². The maximum Gasteiger partial charge on any atom is 0.335 e. The molecule has 34 heavy (non-hydrogen) atoms. The van der Waals surface area contributed by atoms with Gasteiger partial charge in [-0.2, -0.15) is 0 Å². The van der Waals surface area contributed by atoms with Gasteiger partial charge in [0.05, 0.1) is 5.56 Å². The van der Waals surface area contributed by atoms with Crippen LogP contribution in [0, 0.1) is 12.8 Å². The third kappa shape index (κ3) is 4.44. The number of rotatable bonds is 6. The first-order valence-corrected chi connectivity index (χ1v) is 11.7. The summed E-state index contributed by atoms with van der Waals surface area (Å²) in [6.07, 6.45) is 6.13. The summed E-state index contributed by atoms with van der Waals surface area (Å²) in [5.41, 5.74) is 6.48. The molecule has 0 radical (unpaired) electrons. The van der Waals surface area contributed by atoms with Crippen LogP contribution in [-0.4, -0.2) is 16.1 Å². The van der Waals surface area contributed by atoms with E-state index in [4.69, 9.17) is 9.40 Å². The van der Waals surface area contributed by atoms with Gasteiger partial charge in [0.2, 0.25) is 5.89 Å². The van der Waals surface area contributed by atoms with Crippen molar-refractivity contribution in [3.63, 3.8) is 0 Å². The lowest BCUT2D eigenvalue weighted by molar-refractivity contribution is 0.0696. The highest BCUT2D eigenvalue weighted by molar-refractivity contribution is 5.88. The highest BCUT2D eigenvalue weighted by atomic mass is 16.4. The molecule has 0 saturated carbocycles. The molecule has 0 amide bonds. The molecule has 1 aromatic heterocycles. The maximum absolute atomic E-state index is 11.5. The fourth-order valence-electron chi connectivity index (χ4n) is 4.73. The number of aryl methyl sites for hydroxylation is 1. The number of hydrogen-bond donors (Lipinski definition) is 1. The van der Waals surface area contributed by atoms with Gasteiger partial charge >= 0.3 is 5.97 Å². The smallest absolute Gasteiger partial charge is 0.335 e. The molecule has 3 aromatic carbocycles. The van der Waals surface area contributed by atoms with Gasteiger partial charge in [-0.1, -0.05) is 72.8 Å². The number of allylic oxidation sites excluding steroid dienone is 2. The molecule has 1 aliphatic rings. The molecule has 1 aliphatic carbocycles. The van der Waals surface area contributed by atoms with Crippen molar-refractivity contribution in [1.82, 2.24) is 4.98 Å². The van der Waals surface area contributed by atoms with Crippen molar-refractivity contribution >= 4 is 11.5 Å². The number of oxazole rings is 1. The van der Waals surface area contributed by atoms with Gasteiger partial charge in [0, 0.05) is 16.7 Å². The largest absolute Gasteiger partial charge is 0.478 e. The first kappa shape index (κ1) is 21.9. The third-order valence-electron chi connectivity index (χ3n) is 6.58. The molecule has 170 valence electrons. The Morgan fingerprint density at radius 1 is 1.00 bits per heavy atom. The average molecular weight is 450 g/mol. The van der Waals surface area contributed by atoms with Gasteiger partial charge in [-0.3, -0.25) is 0 Å². The second-order valence-corrected chi connectivity index (χ2v) is 8.87. The average Bonchev–Trinajstić information content (AvgIpc) is 3.32. The fourth-order valence-corrected chi connectivity index (χ4v) is 4.73. The molecule has 0 saturated heterocycles. The predicted molar refractivity (Wildman–Crippen MR) is 135 cm³/mol. The Morgan fingerprint density at radius 2 is 1.71 bits per heavy atom. The second-order valence-electron chi connectivity index (χ2n) is 8.87. The molecular formula is C30H27NO3. The summed E-state index contributed by atoms with van der Waals surface area (Å²) in [5, 5.41) is 9.45. The van der Waals surface area contributed by atoms with Crippen molar-refractivity contribution in [3.05, 3.63) is 108 Å². The van der Waals surface area contributed by atoms with Crippen molar-refractivity contribution in [1.29, 1.82) is 0 Å². The van der Waals surface area contributed by atoms with E-state index in [0.717, 1.165) is 65.0 Å². The predicted octanol–water partition coefficient (Wildman–Crippen LogP) is 7.44. The van der Waals surface area contributed by atoms with Crippen molar-refractivity contribution in [3.8, 4) is 22.6 Å². The zero-order chi connectivity index (χ0) is 23.5. The van der Waals surface area contributed by atoms with Crippen LogP contribution in [0.4, 0.5) is 0 Å². The molecule has 0 bridgehead atoms. The molecule has 4 heteroatoms. The number of hydrogen-bond acceptors (Lipinski definition) is 3. The Labute approximate surface area is 199 Å². The van der Waals surface area contributed by atoms with E-state index >= 15 is 0 Å². The summed E-state index contributed by atoms with van der Waals surface area (Å²) in [4.78, 5) is 16.5. The highest BCUT2D eigenvalue weighted by Crippen LogP contribution is 2.40. The van der Waals surface area contributed by atoms with E-state index in [1.54, 1.807) is 6.07 Å². The molecule has 0 fully saturated rings. The van der Waals surface area contributed by atoms with Crippen LogP contribution in [-0.2, 0) is 6.42 Å². The Balaban J connectivity index is 1.55. The highest BCUT2D eigenvalue weighted by Gasteiger charge is 2.26. The SMILES string of the molecule is Cc1ccc(C(=O)O)cc1CC1CCCC=C1c1nc(-c2ccccc2)c(-c2ccccc2)o1. The molecule has 1 atom stereocenters. The number of nitrogens with zero attached hydrogens (tertiary/aromatic N) is 1. The molecule has 1 heterocycles. The van der Waals surface area contributed by atoms with Crippen molar-refractivity contribution < 1.29 is 14.3 Å². The molecule has 0 spiro atoms. The van der Waals surface area contributed by atoms with Gasteiger partial charge < -0.3 is 9.52 Å². The van der Waals surface area contributed by atoms with Crippen LogP contribution >= 0.6 is 0 Å². The van der Waals surface area contributed by atoms with E-state index in [0.29, 0.717) is 11.5 Å². The van der Waals surface area contributed by atoms with E-state index in [1.807, 2.05) is 67.6 Å². The summed E-state index contributed by atoms with van der Waals surface area (Å²) in [5.74, 6) is 0.765. The van der Waals surface area contributed by atoms with Crippen molar-refractivity contribution in [2.24, 2.45) is 5.92 Å². The molecule has 1 N–H and O–H groups in total. The van der Waals surface area contributed by atoms with Gasteiger partial charge in [0.15, 0.2) is 5.76 Å². The molecule has 0 aliphatic heterocycles. The van der Waals surface area contributed by atoms with E-state index in [2.05, 4.69) is 18.2 Å². The van der Waals surface area contributed by atoms with Crippen LogP contribution in [0.25, 0.3) is 28.2 Å². The minimum Gasteiger partial charge on any atom is -0.478 e. The van der Waals surface area contributed by atoms with Gasteiger partial charge in [0.25, 0.3) is 0 Å². The summed E-state index contributed by atoms with van der Waals surface area (Å²) in [7, 11) is 0. The lowest BCUT2D eigenvalue weighted by atomic mass is 9.82. The molecule has 1 unspecified atom stereocenters. The Bertz CT molecular complexity index is 1280. The Kier molecular flexibility index (Phi) is 6.13. The number of benzene rings is 3. The molecule has 4 nitrogen and oxygen atoms in total. The maximum atomic E-state index is 11.5. The molecule has 4 aromatic rings. The molecular weight excluding hydrogens is 422 g/mol. The number of carboxylic acid groups (broad SMARTS) is 1. The van der Waals surface area contributed by atoms with Crippen molar-refractivity contribution in [2.45, 2.75) is 32.6 Å². The Hall–Kier alpha value is -3.92. The second kappa shape index (κ2) is 9.52. The Morgan fingerprint density at radius 3 is 2.41 bits per heavy atom. The van der Waals surface area contributed by atoms with E-state index < -0.39 is 5.97 Å². The van der Waals surface area contributed by atoms with Crippen LogP contribution in [0.15, 0.2) is 89.4 Å². The summed E-state index contributed by atoms with van der Waals surface area (Å²) in [6.45, 7) is 2.04. The zero-order valence-corrected chi connectivity index (χ0v) is 19.2. The number of aromatic nitrogens is 1. The zero-order valence-electron chi connectivity index (χ0n) is 19.2. The third-order valence-corrected chi connectivity index (χ3v) is 6.58. The first-order chi connectivity index (χ1) is 16.6. The van der Waals surface area contributed by atoms with Gasteiger partial charge in [-0.25, -0.2) is 9.78 Å². The summed E-state index contributed by atoms with van der Waals surface area (Å²) < 4.78 is 6.48. The summed E-state index contributed by atoms with van der Waals surface area (Å²) in [6, 6.07) is 25.6. The lowest BCUT2D eigenvalue weighted by Crippen LogP contribution is -2.13. The van der Waals surface area contributed by atoms with Crippen LogP contribution in [0.5, 0.6) is 0 Å². The topological polar surface area (TPSA) is 63.3 Å². The van der Waals surface area contributed by atoms with Gasteiger partial charge in [-0.15, -0.1) is 0 Å². The standard InChI is InChI=1S/C30H27NO3/c1-20-16-17-24(30(32)33)19-25(20)18-23-14-8-9-15-26(23)29-31-27(21-10-4-2-5-11-21)28(34-29)22-12-6-3-7-13-22/h2-7,10-13,15-17,19,23H,8-9,14,18H2,1H3,(H,32,33). The van der Waals surface area contributed by atoms with Gasteiger partial charge in [-0.05, 0) is 61.8 Å². The van der Waals surface area contributed by atoms with E-state index in [-0.39, 0.29) is 5.92 Å². The van der Waals surface area contributed by atoms with Crippen LogP contribution in [0.1, 0.15) is 46.6 Å². The number of carbonyl (C=O) groups is 1. The monoisotopic (exact) mass is 449 g/mol. The quantitative estimate of drug-likeness (QED) is 0.332. The molecule has 5 rings (SSSR count). The normalized spacial score (nSPS) is 15.7. The van der Waals surface area contributed by atoms with Gasteiger partial charge in [0.1, 0.15) is 5.69 Å². The van der Waals surface area contributed by atoms with Crippen molar-refractivity contribution in [2.75, 3.05) is 0 Å². The van der Waals surface area contributed by atoms with E-state index in [9.17, 15) is 9.90 Å². The fraction of sp³-hybridized carbons (Fsp3) is 0.200. The van der Waals surface area contributed by atoms with E-state index in [1.165, 1.54) is 0 Å². The number of carboxylic acids is 1.